The van der Waals surface area contributed by atoms with E-state index in [-0.39, 0.29) is 0 Å². The maximum Gasteiger partial charge on any atom is 0.249 e. The van der Waals surface area contributed by atoms with E-state index < -0.39 is 5.91 Å². The maximum absolute atomic E-state index is 11.2. The lowest BCUT2D eigenvalue weighted by atomic mass is 10.0. The molecule has 0 aliphatic rings. The van der Waals surface area contributed by atoms with E-state index in [4.69, 9.17) is 23.8 Å². The number of terminal acetylenes is 1. The summed E-state index contributed by atoms with van der Waals surface area (Å²) in [5, 5.41) is 1.85. The van der Waals surface area contributed by atoms with E-state index in [0.29, 0.717) is 21.7 Å². The van der Waals surface area contributed by atoms with Crippen LogP contribution < -0.4 is 5.73 Å². The third kappa shape index (κ3) is 1.60. The second-order valence-electron chi connectivity index (χ2n) is 3.23. The summed E-state index contributed by atoms with van der Waals surface area (Å²) in [6.07, 6.45) is 6.87. The molecular formula is C12H7ClN2O. The first-order valence-corrected chi connectivity index (χ1v) is 4.86. The number of primary amides is 1. The van der Waals surface area contributed by atoms with E-state index in [1.807, 2.05) is 0 Å². The Bertz CT molecular complexity index is 629. The highest BCUT2D eigenvalue weighted by atomic mass is 35.5. The molecule has 0 saturated carbocycles. The number of fused-ring (bicyclic) bond motifs is 1. The molecule has 0 aliphatic heterocycles. The summed E-state index contributed by atoms with van der Waals surface area (Å²) in [6, 6.07) is 5.01. The molecular weight excluding hydrogens is 224 g/mol. The molecule has 3 nitrogen and oxygen atoms in total. The van der Waals surface area contributed by atoms with Gasteiger partial charge in [-0.2, -0.15) is 0 Å². The molecule has 0 aliphatic carbocycles. The van der Waals surface area contributed by atoms with Crippen LogP contribution in [0.25, 0.3) is 10.8 Å². The van der Waals surface area contributed by atoms with E-state index in [0.717, 1.165) is 5.39 Å². The monoisotopic (exact) mass is 230 g/mol. The SMILES string of the molecule is C#Cc1cc2c(Cl)nccc2cc1C(N)=O. The van der Waals surface area contributed by atoms with Gasteiger partial charge in [-0.05, 0) is 23.6 Å². The number of hydrogen-bond donors (Lipinski definition) is 1. The summed E-state index contributed by atoms with van der Waals surface area (Å²) in [5.74, 6) is 1.86. The number of benzene rings is 1. The van der Waals surface area contributed by atoms with Gasteiger partial charge in [0.15, 0.2) is 0 Å². The van der Waals surface area contributed by atoms with Crippen molar-refractivity contribution < 1.29 is 4.79 Å². The predicted molar refractivity (Wildman–Crippen MR) is 63.2 cm³/mol. The van der Waals surface area contributed by atoms with Gasteiger partial charge in [0.05, 0.1) is 5.56 Å². The minimum absolute atomic E-state index is 0.317. The van der Waals surface area contributed by atoms with Crippen LogP contribution in [0.1, 0.15) is 15.9 Å². The summed E-state index contributed by atoms with van der Waals surface area (Å²) in [7, 11) is 0. The third-order valence-electron chi connectivity index (χ3n) is 2.27. The minimum atomic E-state index is -0.553. The van der Waals surface area contributed by atoms with Crippen LogP contribution in [0.3, 0.4) is 0 Å². The number of carbonyl (C=O) groups excluding carboxylic acids is 1. The highest BCUT2D eigenvalue weighted by Gasteiger charge is 2.10. The van der Waals surface area contributed by atoms with Crippen molar-refractivity contribution in [3.05, 3.63) is 40.7 Å². The van der Waals surface area contributed by atoms with Crippen LogP contribution in [-0.4, -0.2) is 10.9 Å². The number of pyridine rings is 1. The lowest BCUT2D eigenvalue weighted by Crippen LogP contribution is -2.12. The number of nitrogens with two attached hydrogens (primary N) is 1. The van der Waals surface area contributed by atoms with Crippen molar-refractivity contribution in [3.8, 4) is 12.3 Å². The topological polar surface area (TPSA) is 56.0 Å². The van der Waals surface area contributed by atoms with Gasteiger partial charge in [0.25, 0.3) is 0 Å². The molecule has 0 unspecified atom stereocenters. The fourth-order valence-electron chi connectivity index (χ4n) is 1.51. The molecule has 1 aromatic heterocycles. The Labute approximate surface area is 97.2 Å². The van der Waals surface area contributed by atoms with Gasteiger partial charge in [-0.25, -0.2) is 4.98 Å². The fourth-order valence-corrected chi connectivity index (χ4v) is 1.73. The smallest absolute Gasteiger partial charge is 0.249 e. The lowest BCUT2D eigenvalue weighted by molar-refractivity contribution is 0.1000. The van der Waals surface area contributed by atoms with E-state index >= 15 is 0 Å². The molecule has 16 heavy (non-hydrogen) atoms. The Morgan fingerprint density at radius 3 is 2.88 bits per heavy atom. The van der Waals surface area contributed by atoms with Crippen molar-refractivity contribution in [2.24, 2.45) is 5.73 Å². The summed E-state index contributed by atoms with van der Waals surface area (Å²) in [4.78, 5) is 15.1. The Morgan fingerprint density at radius 1 is 1.50 bits per heavy atom. The lowest BCUT2D eigenvalue weighted by Gasteiger charge is -2.04. The molecule has 2 rings (SSSR count). The number of halogens is 1. The van der Waals surface area contributed by atoms with Gasteiger partial charge in [-0.3, -0.25) is 4.79 Å². The van der Waals surface area contributed by atoms with Crippen molar-refractivity contribution in [1.82, 2.24) is 4.98 Å². The zero-order chi connectivity index (χ0) is 11.7. The molecule has 0 bridgehead atoms. The fraction of sp³-hybridized carbons (Fsp3) is 0. The number of aromatic nitrogens is 1. The molecule has 1 aromatic carbocycles. The number of rotatable bonds is 1. The van der Waals surface area contributed by atoms with Crippen molar-refractivity contribution in [3.63, 3.8) is 0 Å². The van der Waals surface area contributed by atoms with Gasteiger partial charge < -0.3 is 5.73 Å². The van der Waals surface area contributed by atoms with Crippen molar-refractivity contribution in [2.45, 2.75) is 0 Å². The van der Waals surface area contributed by atoms with Crippen LogP contribution in [0.2, 0.25) is 5.15 Å². The van der Waals surface area contributed by atoms with Crippen molar-refractivity contribution >= 4 is 28.3 Å². The Morgan fingerprint density at radius 2 is 2.25 bits per heavy atom. The van der Waals surface area contributed by atoms with Crippen molar-refractivity contribution in [2.75, 3.05) is 0 Å². The zero-order valence-corrected chi connectivity index (χ0v) is 8.95. The maximum atomic E-state index is 11.2. The molecule has 0 fully saturated rings. The third-order valence-corrected chi connectivity index (χ3v) is 2.58. The zero-order valence-electron chi connectivity index (χ0n) is 8.20. The van der Waals surface area contributed by atoms with Crippen LogP contribution in [0.5, 0.6) is 0 Å². The van der Waals surface area contributed by atoms with E-state index in [1.54, 1.807) is 24.4 Å². The van der Waals surface area contributed by atoms with Crippen molar-refractivity contribution in [1.29, 1.82) is 0 Å². The highest BCUT2D eigenvalue weighted by molar-refractivity contribution is 6.34. The van der Waals surface area contributed by atoms with E-state index in [9.17, 15) is 4.79 Å². The summed E-state index contributed by atoms with van der Waals surface area (Å²) in [5.41, 5.74) is 5.98. The first kappa shape index (κ1) is 10.5. The second kappa shape index (κ2) is 3.84. The number of amides is 1. The average molecular weight is 231 g/mol. The largest absolute Gasteiger partial charge is 0.366 e. The van der Waals surface area contributed by atoms with Gasteiger partial charge in [-0.1, -0.05) is 17.5 Å². The standard InChI is InChI=1S/C12H7ClN2O/c1-2-7-5-9-8(3-4-15-11(9)13)6-10(7)12(14)16/h1,3-6H,(H2,14,16). The summed E-state index contributed by atoms with van der Waals surface area (Å²) >= 11 is 5.92. The predicted octanol–water partition coefficient (Wildman–Crippen LogP) is 1.97. The molecule has 0 radical (unpaired) electrons. The number of carbonyl (C=O) groups is 1. The van der Waals surface area contributed by atoms with E-state index in [1.165, 1.54) is 0 Å². The molecule has 0 saturated heterocycles. The van der Waals surface area contributed by atoms with Crippen LogP contribution in [0, 0.1) is 12.3 Å². The second-order valence-corrected chi connectivity index (χ2v) is 3.59. The molecule has 1 amide bonds. The van der Waals surface area contributed by atoms with Gasteiger partial charge in [-0.15, -0.1) is 6.42 Å². The van der Waals surface area contributed by atoms with Gasteiger partial charge >= 0.3 is 0 Å². The molecule has 0 atom stereocenters. The molecule has 0 spiro atoms. The Kier molecular flexibility index (Phi) is 2.51. The first-order chi connectivity index (χ1) is 7.63. The number of nitrogens with zero attached hydrogens (tertiary/aromatic N) is 1. The highest BCUT2D eigenvalue weighted by Crippen LogP contribution is 2.24. The van der Waals surface area contributed by atoms with Crippen LogP contribution >= 0.6 is 11.6 Å². The quantitative estimate of drug-likeness (QED) is 0.602. The van der Waals surface area contributed by atoms with Gasteiger partial charge in [0.1, 0.15) is 5.15 Å². The van der Waals surface area contributed by atoms with Gasteiger partial charge in [0.2, 0.25) is 5.91 Å². The molecule has 1 heterocycles. The normalized spacial score (nSPS) is 10.0. The molecule has 4 heteroatoms. The number of hydrogen-bond acceptors (Lipinski definition) is 2. The molecule has 2 N–H and O–H groups in total. The Hall–Kier alpha value is -2.05. The van der Waals surface area contributed by atoms with Gasteiger partial charge in [0, 0.05) is 17.1 Å². The Balaban J connectivity index is 2.87. The molecule has 78 valence electrons. The first-order valence-electron chi connectivity index (χ1n) is 4.48. The average Bonchev–Trinajstić information content (AvgIpc) is 2.28. The van der Waals surface area contributed by atoms with Crippen LogP contribution in [-0.2, 0) is 0 Å². The van der Waals surface area contributed by atoms with E-state index in [2.05, 4.69) is 10.9 Å². The summed E-state index contributed by atoms with van der Waals surface area (Å²) in [6.45, 7) is 0. The summed E-state index contributed by atoms with van der Waals surface area (Å²) < 4.78 is 0. The van der Waals surface area contributed by atoms with Crippen LogP contribution in [0.4, 0.5) is 0 Å². The minimum Gasteiger partial charge on any atom is -0.366 e. The molecule has 2 aromatic rings. The van der Waals surface area contributed by atoms with Crippen LogP contribution in [0.15, 0.2) is 24.4 Å².